The monoisotopic (exact) mass is 417 g/mol. The standard InChI is InChI=1S/C24H27N5O2/c1-31-24(30)19-14-20(29-12-10-16(15-25)11-13-29)21(22(26)17-6-5-7-17)23(28-19)27-18-8-3-2-4-9-18/h2-4,8-9,14,16-17,26H,5-7,10-13H2,1H3,(H,27,28). The number of nitrogens with one attached hydrogen (secondary N) is 2. The number of hydrogen-bond acceptors (Lipinski definition) is 7. The molecule has 2 fully saturated rings. The Kier molecular flexibility index (Phi) is 6.17. The fraction of sp³-hybridized carbons (Fsp3) is 0.417. The highest BCUT2D eigenvalue weighted by atomic mass is 16.5. The number of pyridine rings is 1. The van der Waals surface area contributed by atoms with Crippen LogP contribution in [0.5, 0.6) is 0 Å². The van der Waals surface area contributed by atoms with E-state index in [1.54, 1.807) is 6.07 Å². The Morgan fingerprint density at radius 1 is 1.23 bits per heavy atom. The smallest absolute Gasteiger partial charge is 0.356 e. The van der Waals surface area contributed by atoms with Crippen molar-refractivity contribution < 1.29 is 9.53 Å². The number of anilines is 3. The minimum atomic E-state index is -0.508. The predicted molar refractivity (Wildman–Crippen MR) is 120 cm³/mol. The lowest BCUT2D eigenvalue weighted by Gasteiger charge is -2.35. The number of methoxy groups -OCH3 is 1. The largest absolute Gasteiger partial charge is 0.464 e. The van der Waals surface area contributed by atoms with E-state index in [9.17, 15) is 10.1 Å². The second-order valence-corrected chi connectivity index (χ2v) is 8.16. The molecule has 1 saturated carbocycles. The number of para-hydroxylation sites is 1. The SMILES string of the molecule is COC(=O)c1cc(N2CCC(C#N)CC2)c(C(=N)C2CCC2)c(Nc2ccccc2)n1. The zero-order chi connectivity index (χ0) is 21.8. The van der Waals surface area contributed by atoms with E-state index in [-0.39, 0.29) is 17.5 Å². The number of aromatic nitrogens is 1. The van der Waals surface area contributed by atoms with E-state index in [1.807, 2.05) is 30.3 Å². The van der Waals surface area contributed by atoms with Gasteiger partial charge in [-0.3, -0.25) is 0 Å². The summed E-state index contributed by atoms with van der Waals surface area (Å²) in [4.78, 5) is 19.2. The summed E-state index contributed by atoms with van der Waals surface area (Å²) in [6.45, 7) is 1.41. The summed E-state index contributed by atoms with van der Waals surface area (Å²) >= 11 is 0. The van der Waals surface area contributed by atoms with Crippen molar-refractivity contribution in [3.8, 4) is 6.07 Å². The third kappa shape index (κ3) is 4.38. The van der Waals surface area contributed by atoms with Gasteiger partial charge in [0.1, 0.15) is 5.82 Å². The number of rotatable bonds is 6. The average molecular weight is 418 g/mol. The molecule has 7 nitrogen and oxygen atoms in total. The third-order valence-corrected chi connectivity index (χ3v) is 6.23. The summed E-state index contributed by atoms with van der Waals surface area (Å²) in [5.41, 5.74) is 3.18. The predicted octanol–water partition coefficient (Wildman–Crippen LogP) is 4.52. The van der Waals surface area contributed by atoms with E-state index in [1.165, 1.54) is 7.11 Å². The normalized spacial score (nSPS) is 16.8. The molecule has 4 rings (SSSR count). The quantitative estimate of drug-likeness (QED) is 0.529. The Balaban J connectivity index is 1.81. The number of nitriles is 1. The fourth-order valence-corrected chi connectivity index (χ4v) is 4.15. The molecule has 0 radical (unpaired) electrons. The van der Waals surface area contributed by atoms with Gasteiger partial charge in [0, 0.05) is 36.3 Å². The van der Waals surface area contributed by atoms with Gasteiger partial charge in [0.15, 0.2) is 5.69 Å². The molecule has 1 aromatic heterocycles. The Morgan fingerprint density at radius 2 is 1.94 bits per heavy atom. The van der Waals surface area contributed by atoms with Crippen molar-refractivity contribution in [2.45, 2.75) is 32.1 Å². The number of esters is 1. The molecule has 2 heterocycles. The zero-order valence-corrected chi connectivity index (χ0v) is 17.7. The first-order valence-electron chi connectivity index (χ1n) is 10.8. The first-order chi connectivity index (χ1) is 15.1. The molecule has 1 saturated heterocycles. The van der Waals surface area contributed by atoms with Crippen molar-refractivity contribution in [2.75, 3.05) is 30.4 Å². The first kappa shape index (κ1) is 20.9. The summed E-state index contributed by atoms with van der Waals surface area (Å²) in [6.07, 6.45) is 4.66. The summed E-state index contributed by atoms with van der Waals surface area (Å²) in [7, 11) is 1.34. The van der Waals surface area contributed by atoms with E-state index >= 15 is 0 Å². The number of ether oxygens (including phenoxy) is 1. The molecule has 1 aliphatic carbocycles. The van der Waals surface area contributed by atoms with Gasteiger partial charge in [-0.25, -0.2) is 9.78 Å². The topological polar surface area (TPSA) is 102 Å². The molecule has 1 aromatic carbocycles. The first-order valence-corrected chi connectivity index (χ1v) is 10.8. The second-order valence-electron chi connectivity index (χ2n) is 8.16. The molecule has 160 valence electrons. The van der Waals surface area contributed by atoms with Gasteiger partial charge in [-0.05, 0) is 43.9 Å². The molecule has 1 aliphatic heterocycles. The molecule has 2 aliphatic rings. The molecule has 2 N–H and O–H groups in total. The Hall–Kier alpha value is -3.40. The van der Waals surface area contributed by atoms with E-state index in [4.69, 9.17) is 10.1 Å². The van der Waals surface area contributed by atoms with Crippen LogP contribution in [0.15, 0.2) is 36.4 Å². The van der Waals surface area contributed by atoms with Crippen LogP contribution in [0.1, 0.15) is 48.2 Å². The van der Waals surface area contributed by atoms with E-state index in [0.717, 1.165) is 49.0 Å². The van der Waals surface area contributed by atoms with Crippen LogP contribution in [0.25, 0.3) is 0 Å². The van der Waals surface area contributed by atoms with Crippen molar-refractivity contribution in [1.29, 1.82) is 10.7 Å². The molecule has 7 heteroatoms. The van der Waals surface area contributed by atoms with Gasteiger partial charge in [0.25, 0.3) is 0 Å². The molecule has 0 bridgehead atoms. The molecular weight excluding hydrogens is 390 g/mol. The Labute approximate surface area is 182 Å². The van der Waals surface area contributed by atoms with Gasteiger partial charge in [0.2, 0.25) is 0 Å². The number of nitrogens with zero attached hydrogens (tertiary/aromatic N) is 3. The van der Waals surface area contributed by atoms with Crippen LogP contribution in [0.2, 0.25) is 0 Å². The van der Waals surface area contributed by atoms with Crippen LogP contribution in [0.4, 0.5) is 17.2 Å². The fourth-order valence-electron chi connectivity index (χ4n) is 4.15. The maximum Gasteiger partial charge on any atom is 0.356 e. The highest BCUT2D eigenvalue weighted by Gasteiger charge is 2.31. The lowest BCUT2D eigenvalue weighted by molar-refractivity contribution is 0.0594. The number of carbonyl (C=O) groups is 1. The summed E-state index contributed by atoms with van der Waals surface area (Å²) in [5.74, 6) is 0.251. The van der Waals surface area contributed by atoms with E-state index in [2.05, 4.69) is 21.3 Å². The van der Waals surface area contributed by atoms with Crippen LogP contribution in [-0.2, 0) is 4.74 Å². The number of piperidine rings is 1. The van der Waals surface area contributed by atoms with Crippen LogP contribution >= 0.6 is 0 Å². The van der Waals surface area contributed by atoms with Crippen LogP contribution in [-0.4, -0.2) is 36.9 Å². The highest BCUT2D eigenvalue weighted by molar-refractivity contribution is 6.10. The van der Waals surface area contributed by atoms with Crippen molar-refractivity contribution >= 4 is 28.9 Å². The zero-order valence-electron chi connectivity index (χ0n) is 17.7. The second kappa shape index (κ2) is 9.17. The lowest BCUT2D eigenvalue weighted by Crippen LogP contribution is -2.36. The molecule has 0 atom stereocenters. The maximum atomic E-state index is 12.4. The van der Waals surface area contributed by atoms with Crippen molar-refractivity contribution in [2.24, 2.45) is 11.8 Å². The molecule has 31 heavy (non-hydrogen) atoms. The average Bonchev–Trinajstić information content (AvgIpc) is 2.77. The summed E-state index contributed by atoms with van der Waals surface area (Å²) < 4.78 is 4.95. The minimum Gasteiger partial charge on any atom is -0.464 e. The molecular formula is C24H27N5O2. The third-order valence-electron chi connectivity index (χ3n) is 6.23. The molecule has 0 spiro atoms. The van der Waals surface area contributed by atoms with Gasteiger partial charge < -0.3 is 20.4 Å². The molecule has 2 aromatic rings. The number of carbonyl (C=O) groups excluding carboxylic acids is 1. The molecule has 0 amide bonds. The van der Waals surface area contributed by atoms with Gasteiger partial charge in [-0.15, -0.1) is 0 Å². The summed E-state index contributed by atoms with van der Waals surface area (Å²) in [6, 6.07) is 13.8. The van der Waals surface area contributed by atoms with E-state index < -0.39 is 5.97 Å². The van der Waals surface area contributed by atoms with Crippen LogP contribution in [0, 0.1) is 28.6 Å². The van der Waals surface area contributed by atoms with Gasteiger partial charge in [0.05, 0.1) is 24.4 Å². The number of benzene rings is 1. The van der Waals surface area contributed by atoms with Crippen molar-refractivity contribution in [1.82, 2.24) is 4.98 Å². The number of hydrogen-bond donors (Lipinski definition) is 2. The van der Waals surface area contributed by atoms with Crippen LogP contribution in [0.3, 0.4) is 0 Å². The Morgan fingerprint density at radius 3 is 2.52 bits per heavy atom. The maximum absolute atomic E-state index is 12.4. The van der Waals surface area contributed by atoms with E-state index in [0.29, 0.717) is 24.6 Å². The van der Waals surface area contributed by atoms with Crippen LogP contribution < -0.4 is 10.2 Å². The van der Waals surface area contributed by atoms with Crippen molar-refractivity contribution in [3.05, 3.63) is 47.7 Å². The Bertz CT molecular complexity index is 1000. The van der Waals surface area contributed by atoms with Crippen molar-refractivity contribution in [3.63, 3.8) is 0 Å². The lowest BCUT2D eigenvalue weighted by atomic mass is 9.79. The van der Waals surface area contributed by atoms with Gasteiger partial charge in [-0.1, -0.05) is 24.6 Å². The summed E-state index contributed by atoms with van der Waals surface area (Å²) in [5, 5.41) is 21.6. The van der Waals surface area contributed by atoms with Gasteiger partial charge >= 0.3 is 5.97 Å². The molecule has 0 unspecified atom stereocenters. The minimum absolute atomic E-state index is 0.0506. The van der Waals surface area contributed by atoms with Gasteiger partial charge in [-0.2, -0.15) is 5.26 Å². The highest BCUT2D eigenvalue weighted by Crippen LogP contribution is 2.38.